The Labute approximate surface area is 140 Å². The van der Waals surface area contributed by atoms with E-state index in [4.69, 9.17) is 0 Å². The molecule has 0 radical (unpaired) electrons. The molecule has 3 heteroatoms. The van der Waals surface area contributed by atoms with Crippen molar-refractivity contribution >= 4 is 21.8 Å². The normalized spacial score (nSPS) is 23.8. The van der Waals surface area contributed by atoms with E-state index in [1.807, 2.05) is 0 Å². The van der Waals surface area contributed by atoms with Gasteiger partial charge in [-0.1, -0.05) is 55.5 Å². The monoisotopic (exact) mass is 359 g/mol. The van der Waals surface area contributed by atoms with Gasteiger partial charge in [0.25, 0.3) is 0 Å². The number of carbonyl (C=O) groups is 1. The standard InChI is InChI=1S/C18H34BrNO/c1-3-5-7-15-8-10-17(11-9-15)18(21)20-14-16(6-4-2)12-13-19/h15-17H,3-14H2,1-2H3,(H,20,21). The summed E-state index contributed by atoms with van der Waals surface area (Å²) in [5.41, 5.74) is 0. The predicted molar refractivity (Wildman–Crippen MR) is 94.8 cm³/mol. The molecule has 1 amide bonds. The summed E-state index contributed by atoms with van der Waals surface area (Å²) in [6, 6.07) is 0. The van der Waals surface area contributed by atoms with Crippen molar-refractivity contribution in [3.8, 4) is 0 Å². The molecule has 21 heavy (non-hydrogen) atoms. The molecule has 0 spiro atoms. The van der Waals surface area contributed by atoms with Crippen molar-refractivity contribution in [1.82, 2.24) is 5.32 Å². The molecular formula is C18H34BrNO. The molecule has 0 heterocycles. The zero-order valence-electron chi connectivity index (χ0n) is 14.0. The highest BCUT2D eigenvalue weighted by atomic mass is 79.9. The third-order valence-corrected chi connectivity index (χ3v) is 5.42. The van der Waals surface area contributed by atoms with Gasteiger partial charge in [0, 0.05) is 17.8 Å². The molecule has 0 aliphatic heterocycles. The van der Waals surface area contributed by atoms with Gasteiger partial charge in [-0.15, -0.1) is 0 Å². The molecule has 1 unspecified atom stereocenters. The summed E-state index contributed by atoms with van der Waals surface area (Å²) in [5, 5.41) is 4.26. The highest BCUT2D eigenvalue weighted by Crippen LogP contribution is 2.32. The van der Waals surface area contributed by atoms with Crippen molar-refractivity contribution < 1.29 is 4.79 Å². The molecule has 0 aromatic carbocycles. The van der Waals surface area contributed by atoms with Crippen LogP contribution in [0.4, 0.5) is 0 Å². The van der Waals surface area contributed by atoms with Crippen LogP contribution in [0.25, 0.3) is 0 Å². The molecule has 0 bridgehead atoms. The number of hydrogen-bond donors (Lipinski definition) is 1. The van der Waals surface area contributed by atoms with Crippen LogP contribution in [0.15, 0.2) is 0 Å². The van der Waals surface area contributed by atoms with E-state index < -0.39 is 0 Å². The number of rotatable bonds is 10. The number of amides is 1. The average Bonchev–Trinajstić information content (AvgIpc) is 2.51. The van der Waals surface area contributed by atoms with Gasteiger partial charge >= 0.3 is 0 Å². The van der Waals surface area contributed by atoms with E-state index in [1.165, 1.54) is 44.9 Å². The fourth-order valence-electron chi connectivity index (χ4n) is 3.51. The van der Waals surface area contributed by atoms with Crippen molar-refractivity contribution in [2.24, 2.45) is 17.8 Å². The largest absolute Gasteiger partial charge is 0.356 e. The van der Waals surface area contributed by atoms with Crippen molar-refractivity contribution in [2.45, 2.75) is 78.1 Å². The summed E-state index contributed by atoms with van der Waals surface area (Å²) >= 11 is 3.52. The van der Waals surface area contributed by atoms with Crippen LogP contribution >= 0.6 is 15.9 Å². The first-order valence-corrected chi connectivity index (χ1v) is 10.2. The average molecular weight is 360 g/mol. The SMILES string of the molecule is CCCCC1CCC(C(=O)NCC(CCC)CCBr)CC1. The van der Waals surface area contributed by atoms with Crippen LogP contribution in [0.1, 0.15) is 78.1 Å². The highest BCUT2D eigenvalue weighted by molar-refractivity contribution is 9.09. The minimum absolute atomic E-state index is 0.286. The second-order valence-electron chi connectivity index (χ2n) is 6.74. The summed E-state index contributed by atoms with van der Waals surface area (Å²) in [4.78, 5) is 12.3. The first-order chi connectivity index (χ1) is 10.2. The Morgan fingerprint density at radius 3 is 2.43 bits per heavy atom. The molecule has 2 nitrogen and oxygen atoms in total. The minimum Gasteiger partial charge on any atom is -0.356 e. The van der Waals surface area contributed by atoms with Gasteiger partial charge in [0.1, 0.15) is 0 Å². The lowest BCUT2D eigenvalue weighted by molar-refractivity contribution is -0.126. The van der Waals surface area contributed by atoms with Crippen LogP contribution in [0.2, 0.25) is 0 Å². The van der Waals surface area contributed by atoms with E-state index >= 15 is 0 Å². The maximum Gasteiger partial charge on any atom is 0.223 e. The summed E-state index contributed by atoms with van der Waals surface area (Å²) in [6.07, 6.45) is 12.3. The van der Waals surface area contributed by atoms with Gasteiger partial charge in [0.2, 0.25) is 5.91 Å². The summed E-state index contributed by atoms with van der Waals surface area (Å²) < 4.78 is 0. The molecule has 1 aliphatic rings. The first kappa shape index (κ1) is 19.0. The lowest BCUT2D eigenvalue weighted by Crippen LogP contribution is -2.36. The lowest BCUT2D eigenvalue weighted by atomic mass is 9.79. The summed E-state index contributed by atoms with van der Waals surface area (Å²) in [7, 11) is 0. The van der Waals surface area contributed by atoms with E-state index in [2.05, 4.69) is 35.1 Å². The minimum atomic E-state index is 0.286. The first-order valence-electron chi connectivity index (χ1n) is 9.04. The van der Waals surface area contributed by atoms with Crippen LogP contribution in [0.5, 0.6) is 0 Å². The molecule has 0 aromatic rings. The second-order valence-corrected chi connectivity index (χ2v) is 7.53. The number of alkyl halides is 1. The van der Waals surface area contributed by atoms with E-state index in [9.17, 15) is 4.79 Å². The summed E-state index contributed by atoms with van der Waals surface area (Å²) in [6.45, 7) is 5.35. The second kappa shape index (κ2) is 11.5. The number of hydrogen-bond acceptors (Lipinski definition) is 1. The Balaban J connectivity index is 2.23. The molecule has 1 rings (SSSR count). The van der Waals surface area contributed by atoms with Gasteiger partial charge in [-0.25, -0.2) is 0 Å². The molecule has 1 N–H and O–H groups in total. The topological polar surface area (TPSA) is 29.1 Å². The van der Waals surface area contributed by atoms with Crippen molar-refractivity contribution in [2.75, 3.05) is 11.9 Å². The number of carbonyl (C=O) groups excluding carboxylic acids is 1. The lowest BCUT2D eigenvalue weighted by Gasteiger charge is -2.28. The van der Waals surface area contributed by atoms with Crippen molar-refractivity contribution in [3.05, 3.63) is 0 Å². The van der Waals surface area contributed by atoms with Gasteiger partial charge in [0.05, 0.1) is 0 Å². The third kappa shape index (κ3) is 7.67. The van der Waals surface area contributed by atoms with Crippen LogP contribution in [0, 0.1) is 17.8 Å². The van der Waals surface area contributed by atoms with Gasteiger partial charge < -0.3 is 5.32 Å². The van der Waals surface area contributed by atoms with Gasteiger partial charge in [0.15, 0.2) is 0 Å². The van der Waals surface area contributed by atoms with Crippen molar-refractivity contribution in [3.63, 3.8) is 0 Å². The van der Waals surface area contributed by atoms with Gasteiger partial charge in [-0.05, 0) is 50.4 Å². The molecule has 1 atom stereocenters. The van der Waals surface area contributed by atoms with Crippen molar-refractivity contribution in [1.29, 1.82) is 0 Å². The molecule has 0 saturated heterocycles. The zero-order chi connectivity index (χ0) is 15.5. The predicted octanol–water partition coefficient (Wildman–Crippen LogP) is 5.30. The molecule has 0 aromatic heterocycles. The fourth-order valence-corrected chi connectivity index (χ4v) is 4.15. The number of unbranched alkanes of at least 4 members (excludes halogenated alkanes) is 1. The van der Waals surface area contributed by atoms with Gasteiger partial charge in [-0.2, -0.15) is 0 Å². The van der Waals surface area contributed by atoms with Crippen LogP contribution in [-0.4, -0.2) is 17.8 Å². The molecule has 124 valence electrons. The summed E-state index contributed by atoms with van der Waals surface area (Å²) in [5.74, 6) is 2.13. The quantitative estimate of drug-likeness (QED) is 0.526. The Bertz CT molecular complexity index is 268. The highest BCUT2D eigenvalue weighted by Gasteiger charge is 2.26. The maximum absolute atomic E-state index is 12.3. The van der Waals surface area contributed by atoms with E-state index in [-0.39, 0.29) is 5.92 Å². The smallest absolute Gasteiger partial charge is 0.223 e. The molecule has 1 fully saturated rings. The Kier molecular flexibility index (Phi) is 10.4. The fraction of sp³-hybridized carbons (Fsp3) is 0.944. The van der Waals surface area contributed by atoms with Crippen LogP contribution < -0.4 is 5.32 Å². The number of halogens is 1. The van der Waals surface area contributed by atoms with Crippen LogP contribution in [0.3, 0.4) is 0 Å². The van der Waals surface area contributed by atoms with E-state index in [0.29, 0.717) is 11.8 Å². The Morgan fingerprint density at radius 2 is 1.86 bits per heavy atom. The van der Waals surface area contributed by atoms with Crippen LogP contribution in [-0.2, 0) is 4.79 Å². The third-order valence-electron chi connectivity index (χ3n) is 4.96. The maximum atomic E-state index is 12.3. The Morgan fingerprint density at radius 1 is 1.14 bits per heavy atom. The molecular weight excluding hydrogens is 326 g/mol. The zero-order valence-corrected chi connectivity index (χ0v) is 15.6. The number of nitrogens with one attached hydrogen (secondary N) is 1. The van der Waals surface area contributed by atoms with E-state index in [1.54, 1.807) is 0 Å². The molecule has 1 saturated carbocycles. The Hall–Kier alpha value is -0.0500. The molecule has 1 aliphatic carbocycles. The van der Waals surface area contributed by atoms with E-state index in [0.717, 1.165) is 37.1 Å². The van der Waals surface area contributed by atoms with Gasteiger partial charge in [-0.3, -0.25) is 4.79 Å².